The van der Waals surface area contributed by atoms with Crippen LogP contribution in [-0.2, 0) is 0 Å². The first-order chi connectivity index (χ1) is 4.47. The second-order valence-corrected chi connectivity index (χ2v) is 2.38. The largest absolute Gasteiger partial charge is 0.262 e. The van der Waals surface area contributed by atoms with Crippen LogP contribution in [0.15, 0.2) is 23.8 Å². The summed E-state index contributed by atoms with van der Waals surface area (Å²) in [5.74, 6) is 0. The van der Waals surface area contributed by atoms with Gasteiger partial charge >= 0.3 is 0 Å². The van der Waals surface area contributed by atoms with Crippen molar-refractivity contribution in [2.45, 2.75) is 0 Å². The van der Waals surface area contributed by atoms with Gasteiger partial charge in [0, 0.05) is 17.0 Å². The molecule has 2 heterocycles. The van der Waals surface area contributed by atoms with Gasteiger partial charge in [0.05, 0.1) is 6.20 Å². The maximum Gasteiger partial charge on any atom is 0.102 e. The van der Waals surface area contributed by atoms with Crippen LogP contribution in [0.25, 0.3) is 10.9 Å². The van der Waals surface area contributed by atoms with E-state index in [1.807, 2.05) is 11.4 Å². The molecule has 0 bridgehead atoms. The fraction of sp³-hybridized carbons (Fsp3) is 0. The van der Waals surface area contributed by atoms with E-state index in [4.69, 9.17) is 0 Å². The van der Waals surface area contributed by atoms with E-state index in [0.717, 1.165) is 5.52 Å². The molecule has 2 rings (SSSR count). The minimum atomic E-state index is 0.988. The van der Waals surface area contributed by atoms with Crippen LogP contribution in [0.2, 0.25) is 0 Å². The number of pyridine rings is 1. The molecule has 0 atom stereocenters. The summed E-state index contributed by atoms with van der Waals surface area (Å²) in [6.07, 6.45) is 3.54. The summed E-state index contributed by atoms with van der Waals surface area (Å²) in [5, 5.41) is 3.19. The summed E-state index contributed by atoms with van der Waals surface area (Å²) in [5.41, 5.74) is 0.988. The molecule has 0 aliphatic heterocycles. The smallest absolute Gasteiger partial charge is 0.102 e. The van der Waals surface area contributed by atoms with Gasteiger partial charge in [0.2, 0.25) is 0 Å². The van der Waals surface area contributed by atoms with E-state index < -0.39 is 0 Å². The molecule has 2 aromatic rings. The highest BCUT2D eigenvalue weighted by atomic mass is 32.1. The average molecular weight is 136 g/mol. The summed E-state index contributed by atoms with van der Waals surface area (Å²) in [7, 11) is 0. The normalized spacial score (nSPS) is 10.2. The molecule has 0 unspecified atom stereocenters. The fourth-order valence-electron chi connectivity index (χ4n) is 0.713. The Kier molecular flexibility index (Phi) is 0.960. The van der Waals surface area contributed by atoms with Crippen molar-refractivity contribution in [3.05, 3.63) is 23.8 Å². The minimum Gasteiger partial charge on any atom is -0.262 e. The number of aromatic nitrogens is 2. The van der Waals surface area contributed by atoms with Gasteiger partial charge in [0.25, 0.3) is 0 Å². The van der Waals surface area contributed by atoms with Gasteiger partial charge in [-0.25, -0.2) is 0 Å². The third kappa shape index (κ3) is 0.695. The molecule has 0 saturated heterocycles. The van der Waals surface area contributed by atoms with Gasteiger partial charge in [0.15, 0.2) is 0 Å². The Labute approximate surface area is 56.3 Å². The van der Waals surface area contributed by atoms with Gasteiger partial charge in [-0.2, -0.15) is 4.37 Å². The van der Waals surface area contributed by atoms with Crippen LogP contribution in [-0.4, -0.2) is 9.36 Å². The molecule has 0 fully saturated rings. The molecule has 2 nitrogen and oxygen atoms in total. The second-order valence-electron chi connectivity index (χ2n) is 1.75. The summed E-state index contributed by atoms with van der Waals surface area (Å²) in [6, 6.07) is 1.96. The van der Waals surface area contributed by atoms with E-state index >= 15 is 0 Å². The molecule has 0 radical (unpaired) electrons. The van der Waals surface area contributed by atoms with E-state index in [9.17, 15) is 0 Å². The highest BCUT2D eigenvalue weighted by Crippen LogP contribution is 2.11. The van der Waals surface area contributed by atoms with Crippen LogP contribution in [0.1, 0.15) is 0 Å². The maximum absolute atomic E-state index is 4.10. The molecule has 0 amide bonds. The molecular weight excluding hydrogens is 132 g/mol. The maximum atomic E-state index is 4.10. The first kappa shape index (κ1) is 4.88. The van der Waals surface area contributed by atoms with Gasteiger partial charge < -0.3 is 0 Å². The van der Waals surface area contributed by atoms with Gasteiger partial charge in [-0.1, -0.05) is 0 Å². The lowest BCUT2D eigenvalue weighted by atomic mass is 10.3. The fourth-order valence-corrected chi connectivity index (χ4v) is 1.34. The Hall–Kier alpha value is -0.960. The molecule has 44 valence electrons. The number of hydrogen-bond donors (Lipinski definition) is 0. The first-order valence-corrected chi connectivity index (χ1v) is 3.44. The Morgan fingerprint density at radius 1 is 1.44 bits per heavy atom. The molecular formula is C6H4N2S. The Morgan fingerprint density at radius 2 is 2.44 bits per heavy atom. The van der Waals surface area contributed by atoms with Crippen molar-refractivity contribution in [1.82, 2.24) is 9.36 Å². The van der Waals surface area contributed by atoms with Gasteiger partial charge in [-0.3, -0.25) is 4.98 Å². The molecule has 2 aromatic heterocycles. The lowest BCUT2D eigenvalue weighted by molar-refractivity contribution is 1.35. The number of fused-ring (bicyclic) bond motifs is 1. The highest BCUT2D eigenvalue weighted by Gasteiger charge is 1.90. The summed E-state index contributed by atoms with van der Waals surface area (Å²) in [6.45, 7) is 0. The van der Waals surface area contributed by atoms with Crippen molar-refractivity contribution in [2.24, 2.45) is 0 Å². The third-order valence-corrected chi connectivity index (χ3v) is 1.82. The van der Waals surface area contributed by atoms with E-state index in [0.29, 0.717) is 0 Å². The molecule has 0 aliphatic carbocycles. The SMILES string of the molecule is c1cc2csnc2cn1. The van der Waals surface area contributed by atoms with Crippen LogP contribution >= 0.6 is 11.5 Å². The monoisotopic (exact) mass is 136 g/mol. The molecule has 0 aliphatic rings. The van der Waals surface area contributed by atoms with Crippen molar-refractivity contribution in [3.8, 4) is 0 Å². The van der Waals surface area contributed by atoms with Crippen LogP contribution in [0.4, 0.5) is 0 Å². The lowest BCUT2D eigenvalue weighted by Crippen LogP contribution is -1.67. The molecule has 0 saturated carbocycles. The molecule has 3 heteroatoms. The van der Waals surface area contributed by atoms with Gasteiger partial charge in [0.1, 0.15) is 5.52 Å². The Balaban J connectivity index is 2.95. The molecule has 0 N–H and O–H groups in total. The van der Waals surface area contributed by atoms with Crippen molar-refractivity contribution in [2.75, 3.05) is 0 Å². The Bertz CT molecular complexity index is 285. The van der Waals surface area contributed by atoms with Crippen molar-refractivity contribution in [1.29, 1.82) is 0 Å². The second kappa shape index (κ2) is 1.77. The number of nitrogens with zero attached hydrogens (tertiary/aromatic N) is 2. The standard InChI is InChI=1S/C6H4N2S/c1-2-7-3-6-5(1)4-9-8-6/h1-4H. The highest BCUT2D eigenvalue weighted by molar-refractivity contribution is 7.04. The van der Waals surface area contributed by atoms with Gasteiger partial charge in [-0.05, 0) is 17.6 Å². The van der Waals surface area contributed by atoms with Crippen molar-refractivity contribution in [3.63, 3.8) is 0 Å². The zero-order valence-electron chi connectivity index (χ0n) is 4.61. The van der Waals surface area contributed by atoms with E-state index in [1.165, 1.54) is 16.9 Å². The Morgan fingerprint density at radius 3 is 3.33 bits per heavy atom. The summed E-state index contributed by atoms with van der Waals surface area (Å²) in [4.78, 5) is 3.93. The van der Waals surface area contributed by atoms with E-state index in [2.05, 4.69) is 9.36 Å². The van der Waals surface area contributed by atoms with E-state index in [-0.39, 0.29) is 0 Å². The van der Waals surface area contributed by atoms with Gasteiger partial charge in [-0.15, -0.1) is 0 Å². The number of rotatable bonds is 0. The van der Waals surface area contributed by atoms with Crippen LogP contribution in [0, 0.1) is 0 Å². The lowest BCUT2D eigenvalue weighted by Gasteiger charge is -1.80. The van der Waals surface area contributed by atoms with Crippen LogP contribution in [0.5, 0.6) is 0 Å². The molecule has 9 heavy (non-hydrogen) atoms. The quantitative estimate of drug-likeness (QED) is 0.550. The van der Waals surface area contributed by atoms with Crippen molar-refractivity contribution < 1.29 is 0 Å². The van der Waals surface area contributed by atoms with Crippen LogP contribution in [0.3, 0.4) is 0 Å². The van der Waals surface area contributed by atoms with E-state index in [1.54, 1.807) is 12.4 Å². The zero-order valence-corrected chi connectivity index (χ0v) is 5.43. The predicted octanol–water partition coefficient (Wildman–Crippen LogP) is 1.69. The topological polar surface area (TPSA) is 25.8 Å². The predicted molar refractivity (Wildman–Crippen MR) is 37.4 cm³/mol. The zero-order chi connectivity index (χ0) is 6.10. The molecule has 0 aromatic carbocycles. The van der Waals surface area contributed by atoms with Crippen molar-refractivity contribution >= 4 is 22.4 Å². The number of hydrogen-bond acceptors (Lipinski definition) is 3. The first-order valence-electron chi connectivity index (χ1n) is 2.61. The minimum absolute atomic E-state index is 0.988. The van der Waals surface area contributed by atoms with Crippen LogP contribution < -0.4 is 0 Å². The average Bonchev–Trinajstić information content (AvgIpc) is 2.33. The third-order valence-electron chi connectivity index (χ3n) is 1.16. The summed E-state index contributed by atoms with van der Waals surface area (Å²) < 4.78 is 4.10. The summed E-state index contributed by atoms with van der Waals surface area (Å²) >= 11 is 1.46. The molecule has 0 spiro atoms.